The number of hydrogen-bond donors (Lipinski definition) is 2. The lowest BCUT2D eigenvalue weighted by molar-refractivity contribution is -0.122. The van der Waals surface area contributed by atoms with Crippen LogP contribution in [0.5, 0.6) is 0 Å². The average molecular weight is 473 g/mol. The molecule has 160 valence electrons. The molecule has 1 atom stereocenters. The molecule has 1 unspecified atom stereocenters. The summed E-state index contributed by atoms with van der Waals surface area (Å²) in [6, 6.07) is 15.3. The van der Waals surface area contributed by atoms with Crippen LogP contribution in [-0.4, -0.2) is 60.4 Å². The molecule has 1 fully saturated rings. The number of rotatable bonds is 7. The van der Waals surface area contributed by atoms with Crippen molar-refractivity contribution in [3.05, 3.63) is 58.6 Å². The molecule has 0 aromatic heterocycles. The van der Waals surface area contributed by atoms with Crippen LogP contribution in [-0.2, 0) is 16.0 Å². The highest BCUT2D eigenvalue weighted by Gasteiger charge is 2.26. The normalized spacial score (nSPS) is 16.1. The van der Waals surface area contributed by atoms with E-state index in [1.54, 1.807) is 0 Å². The van der Waals surface area contributed by atoms with Gasteiger partial charge in [0.05, 0.1) is 12.6 Å². The number of nitrogens with one attached hydrogen (secondary N) is 2. The van der Waals surface area contributed by atoms with Gasteiger partial charge in [-0.3, -0.25) is 19.4 Å². The van der Waals surface area contributed by atoms with Crippen LogP contribution in [0.4, 0.5) is 11.4 Å². The third kappa shape index (κ3) is 6.14. The number of amides is 2. The Kier molecular flexibility index (Phi) is 8.01. The van der Waals surface area contributed by atoms with Crippen LogP contribution in [0.15, 0.2) is 53.0 Å². The Morgan fingerprint density at radius 2 is 1.67 bits per heavy atom. The average Bonchev–Trinajstić information content (AvgIpc) is 2.75. The molecule has 1 aliphatic rings. The summed E-state index contributed by atoms with van der Waals surface area (Å²) in [6.45, 7) is 7.42. The van der Waals surface area contributed by atoms with Gasteiger partial charge in [0.1, 0.15) is 0 Å². The molecule has 0 aliphatic carbocycles. The summed E-state index contributed by atoms with van der Waals surface area (Å²) >= 11 is 3.40. The SMILES string of the molecule is CCc1ccccc1NC(=O)CN1CCN(C(C)C(=O)Nc2ccc(Br)cc2)CC1. The van der Waals surface area contributed by atoms with Crippen molar-refractivity contribution in [2.45, 2.75) is 26.3 Å². The first-order valence-electron chi connectivity index (χ1n) is 10.4. The number of carbonyl (C=O) groups is 2. The smallest absolute Gasteiger partial charge is 0.241 e. The molecular formula is C23H29BrN4O2. The standard InChI is InChI=1S/C23H29BrN4O2/c1-3-18-6-4-5-7-21(18)26-22(29)16-27-12-14-28(15-13-27)17(2)23(30)25-20-10-8-19(24)9-11-20/h4-11,17H,3,12-16H2,1-2H3,(H,25,30)(H,26,29). The van der Waals surface area contributed by atoms with Crippen LogP contribution in [0.3, 0.4) is 0 Å². The fourth-order valence-corrected chi connectivity index (χ4v) is 3.86. The zero-order chi connectivity index (χ0) is 21.5. The van der Waals surface area contributed by atoms with Crippen molar-refractivity contribution in [3.63, 3.8) is 0 Å². The molecule has 2 aromatic rings. The first kappa shape index (κ1) is 22.5. The maximum Gasteiger partial charge on any atom is 0.241 e. The lowest BCUT2D eigenvalue weighted by Crippen LogP contribution is -2.53. The summed E-state index contributed by atoms with van der Waals surface area (Å²) in [6.07, 6.45) is 0.884. The van der Waals surface area contributed by atoms with Gasteiger partial charge in [-0.05, 0) is 49.2 Å². The van der Waals surface area contributed by atoms with E-state index in [1.165, 1.54) is 0 Å². The van der Waals surface area contributed by atoms with Gasteiger partial charge in [0.25, 0.3) is 0 Å². The van der Waals surface area contributed by atoms with Crippen LogP contribution >= 0.6 is 15.9 Å². The van der Waals surface area contributed by atoms with Crippen molar-refractivity contribution in [2.75, 3.05) is 43.4 Å². The van der Waals surface area contributed by atoms with Gasteiger partial charge in [-0.2, -0.15) is 0 Å². The molecule has 2 amide bonds. The summed E-state index contributed by atoms with van der Waals surface area (Å²) in [5.74, 6) is -0.00920. The molecule has 2 aromatic carbocycles. The van der Waals surface area contributed by atoms with Crippen LogP contribution in [0.2, 0.25) is 0 Å². The number of benzene rings is 2. The zero-order valence-electron chi connectivity index (χ0n) is 17.5. The minimum absolute atomic E-state index is 0.00498. The summed E-state index contributed by atoms with van der Waals surface area (Å²) in [5, 5.41) is 6.00. The molecule has 7 heteroatoms. The topological polar surface area (TPSA) is 64.7 Å². The van der Waals surface area contributed by atoms with Gasteiger partial charge < -0.3 is 10.6 Å². The van der Waals surface area contributed by atoms with Crippen LogP contribution in [0.25, 0.3) is 0 Å². The van der Waals surface area contributed by atoms with Crippen molar-refractivity contribution in [2.24, 2.45) is 0 Å². The summed E-state index contributed by atoms with van der Waals surface area (Å²) < 4.78 is 0.979. The van der Waals surface area contributed by atoms with E-state index in [0.717, 1.165) is 54.0 Å². The Morgan fingerprint density at radius 3 is 2.33 bits per heavy atom. The second-order valence-electron chi connectivity index (χ2n) is 7.54. The summed E-state index contributed by atoms with van der Waals surface area (Å²) in [5.41, 5.74) is 2.82. The third-order valence-corrected chi connectivity index (χ3v) is 6.01. The molecule has 1 heterocycles. The van der Waals surface area contributed by atoms with Gasteiger partial charge in [-0.1, -0.05) is 41.1 Å². The molecule has 0 bridgehead atoms. The second-order valence-corrected chi connectivity index (χ2v) is 8.46. The van der Waals surface area contributed by atoms with E-state index in [9.17, 15) is 9.59 Å². The van der Waals surface area contributed by atoms with E-state index < -0.39 is 0 Å². The lowest BCUT2D eigenvalue weighted by atomic mass is 10.1. The quantitative estimate of drug-likeness (QED) is 0.645. The number of para-hydroxylation sites is 1. The molecule has 3 rings (SSSR count). The molecule has 1 saturated heterocycles. The Labute approximate surface area is 186 Å². The molecule has 1 aliphatic heterocycles. The fourth-order valence-electron chi connectivity index (χ4n) is 3.60. The number of anilines is 2. The monoisotopic (exact) mass is 472 g/mol. The summed E-state index contributed by atoms with van der Waals surface area (Å²) in [4.78, 5) is 29.3. The largest absolute Gasteiger partial charge is 0.325 e. The van der Waals surface area contributed by atoms with Crippen molar-refractivity contribution in [1.82, 2.24) is 9.80 Å². The zero-order valence-corrected chi connectivity index (χ0v) is 19.1. The fraction of sp³-hybridized carbons (Fsp3) is 0.391. The number of carbonyl (C=O) groups excluding carboxylic acids is 2. The number of halogens is 1. The number of hydrogen-bond acceptors (Lipinski definition) is 4. The molecule has 0 radical (unpaired) electrons. The Balaban J connectivity index is 1.45. The van der Waals surface area contributed by atoms with E-state index in [2.05, 4.69) is 43.3 Å². The van der Waals surface area contributed by atoms with Gasteiger partial charge in [0, 0.05) is 42.0 Å². The maximum atomic E-state index is 12.6. The van der Waals surface area contributed by atoms with Gasteiger partial charge >= 0.3 is 0 Å². The third-order valence-electron chi connectivity index (χ3n) is 5.49. The molecular weight excluding hydrogens is 444 g/mol. The van der Waals surface area contributed by atoms with E-state index in [1.807, 2.05) is 55.5 Å². The van der Waals surface area contributed by atoms with E-state index >= 15 is 0 Å². The number of aryl methyl sites for hydroxylation is 1. The molecule has 0 spiro atoms. The van der Waals surface area contributed by atoms with Gasteiger partial charge in [-0.15, -0.1) is 0 Å². The Hall–Kier alpha value is -2.22. The minimum atomic E-state index is -0.221. The first-order valence-corrected chi connectivity index (χ1v) is 11.2. The second kappa shape index (κ2) is 10.7. The lowest BCUT2D eigenvalue weighted by Gasteiger charge is -2.37. The van der Waals surface area contributed by atoms with Crippen LogP contribution < -0.4 is 10.6 Å². The van der Waals surface area contributed by atoms with Gasteiger partial charge in [0.2, 0.25) is 11.8 Å². The van der Waals surface area contributed by atoms with Crippen LogP contribution in [0, 0.1) is 0 Å². The number of nitrogens with zero attached hydrogens (tertiary/aromatic N) is 2. The predicted molar refractivity (Wildman–Crippen MR) is 125 cm³/mol. The first-order chi connectivity index (χ1) is 14.5. The predicted octanol–water partition coefficient (Wildman–Crippen LogP) is 3.59. The van der Waals surface area contributed by atoms with Crippen molar-refractivity contribution >= 4 is 39.1 Å². The van der Waals surface area contributed by atoms with Crippen molar-refractivity contribution in [1.29, 1.82) is 0 Å². The van der Waals surface area contributed by atoms with Crippen molar-refractivity contribution in [3.8, 4) is 0 Å². The van der Waals surface area contributed by atoms with Crippen molar-refractivity contribution < 1.29 is 9.59 Å². The Bertz CT molecular complexity index is 864. The molecule has 2 N–H and O–H groups in total. The number of piperazine rings is 1. The highest BCUT2D eigenvalue weighted by atomic mass is 79.9. The Morgan fingerprint density at radius 1 is 1.00 bits per heavy atom. The molecule has 6 nitrogen and oxygen atoms in total. The highest BCUT2D eigenvalue weighted by Crippen LogP contribution is 2.17. The minimum Gasteiger partial charge on any atom is -0.325 e. The van der Waals surface area contributed by atoms with E-state index in [0.29, 0.717) is 6.54 Å². The van der Waals surface area contributed by atoms with E-state index in [-0.39, 0.29) is 17.9 Å². The van der Waals surface area contributed by atoms with Gasteiger partial charge in [0.15, 0.2) is 0 Å². The van der Waals surface area contributed by atoms with Gasteiger partial charge in [-0.25, -0.2) is 0 Å². The highest BCUT2D eigenvalue weighted by molar-refractivity contribution is 9.10. The maximum absolute atomic E-state index is 12.6. The van der Waals surface area contributed by atoms with E-state index in [4.69, 9.17) is 0 Å². The summed E-state index contributed by atoms with van der Waals surface area (Å²) in [7, 11) is 0. The van der Waals surface area contributed by atoms with Crippen LogP contribution in [0.1, 0.15) is 19.4 Å². The molecule has 30 heavy (non-hydrogen) atoms. The molecule has 0 saturated carbocycles.